The van der Waals surface area contributed by atoms with E-state index in [0.29, 0.717) is 38.0 Å². The number of amides is 2. The number of nitrogens with one attached hydrogen (secondary N) is 2. The maximum absolute atomic E-state index is 13.1. The third-order valence-electron chi connectivity index (χ3n) is 4.69. The summed E-state index contributed by atoms with van der Waals surface area (Å²) in [6.45, 7) is 1.18. The highest BCUT2D eigenvalue weighted by molar-refractivity contribution is 5.74. The Morgan fingerprint density at radius 3 is 2.52 bits per heavy atom. The normalized spacial score (nSPS) is 16.6. The van der Waals surface area contributed by atoms with E-state index in [1.165, 1.54) is 6.07 Å². The minimum absolute atomic E-state index is 0.0498. The standard InChI is InChI=1S/C18H23F3N2O4/c19-18(20,21)14-4-1-3-13(11-14)17(6-9-27-10-7-17)12-23-16(26)22-8-2-5-15(24)25/h1,3-4,11H,2,5-10,12H2,(H,24,25)(H2,22,23,26). The Morgan fingerprint density at radius 2 is 1.89 bits per heavy atom. The molecule has 0 spiro atoms. The highest BCUT2D eigenvalue weighted by Gasteiger charge is 2.37. The second-order valence-corrected chi connectivity index (χ2v) is 6.58. The molecule has 1 aromatic rings. The van der Waals surface area contributed by atoms with Crippen LogP contribution in [0.15, 0.2) is 24.3 Å². The molecule has 1 fully saturated rings. The van der Waals surface area contributed by atoms with Crippen molar-refractivity contribution in [2.75, 3.05) is 26.3 Å². The maximum atomic E-state index is 13.1. The Labute approximate surface area is 155 Å². The summed E-state index contributed by atoms with van der Waals surface area (Å²) >= 11 is 0. The summed E-state index contributed by atoms with van der Waals surface area (Å²) < 4.78 is 44.5. The number of urea groups is 1. The minimum Gasteiger partial charge on any atom is -0.481 e. The molecule has 150 valence electrons. The Balaban J connectivity index is 2.04. The van der Waals surface area contributed by atoms with Crippen LogP contribution in [0.25, 0.3) is 0 Å². The van der Waals surface area contributed by atoms with Crippen LogP contribution in [0.5, 0.6) is 0 Å². The van der Waals surface area contributed by atoms with E-state index in [9.17, 15) is 22.8 Å². The van der Waals surface area contributed by atoms with Gasteiger partial charge in [0.2, 0.25) is 0 Å². The molecule has 0 aliphatic carbocycles. The van der Waals surface area contributed by atoms with E-state index < -0.39 is 29.2 Å². The van der Waals surface area contributed by atoms with E-state index in [4.69, 9.17) is 9.84 Å². The van der Waals surface area contributed by atoms with E-state index in [2.05, 4.69) is 10.6 Å². The SMILES string of the molecule is O=C(O)CCCNC(=O)NCC1(c2cccc(C(F)(F)F)c2)CCOCC1. The van der Waals surface area contributed by atoms with Gasteiger partial charge < -0.3 is 20.5 Å². The van der Waals surface area contributed by atoms with Gasteiger partial charge in [0, 0.05) is 38.1 Å². The van der Waals surface area contributed by atoms with Crippen molar-refractivity contribution >= 4 is 12.0 Å². The van der Waals surface area contributed by atoms with E-state index in [1.54, 1.807) is 6.07 Å². The molecule has 6 nitrogen and oxygen atoms in total. The molecule has 2 amide bonds. The van der Waals surface area contributed by atoms with Gasteiger partial charge in [-0.25, -0.2) is 4.79 Å². The molecule has 0 aromatic heterocycles. The monoisotopic (exact) mass is 388 g/mol. The summed E-state index contributed by atoms with van der Waals surface area (Å²) in [5, 5.41) is 13.8. The highest BCUT2D eigenvalue weighted by Crippen LogP contribution is 2.37. The number of alkyl halides is 3. The van der Waals surface area contributed by atoms with Crippen LogP contribution in [0.3, 0.4) is 0 Å². The molecule has 0 bridgehead atoms. The molecule has 9 heteroatoms. The second kappa shape index (κ2) is 9.07. The first-order chi connectivity index (χ1) is 12.7. The van der Waals surface area contributed by atoms with Gasteiger partial charge in [-0.3, -0.25) is 4.79 Å². The lowest BCUT2D eigenvalue weighted by atomic mass is 9.73. The number of halogens is 3. The highest BCUT2D eigenvalue weighted by atomic mass is 19.4. The Morgan fingerprint density at radius 1 is 1.19 bits per heavy atom. The van der Waals surface area contributed by atoms with Crippen LogP contribution in [0.1, 0.15) is 36.8 Å². The van der Waals surface area contributed by atoms with Gasteiger partial charge in [-0.1, -0.05) is 18.2 Å². The number of carbonyl (C=O) groups excluding carboxylic acids is 1. The average Bonchev–Trinajstić information content (AvgIpc) is 2.63. The topological polar surface area (TPSA) is 87.7 Å². The minimum atomic E-state index is -4.43. The first kappa shape index (κ1) is 21.0. The van der Waals surface area contributed by atoms with Gasteiger partial charge in [-0.05, 0) is 30.9 Å². The zero-order valence-corrected chi connectivity index (χ0v) is 14.8. The van der Waals surface area contributed by atoms with E-state index in [0.717, 1.165) is 12.1 Å². The molecule has 1 aromatic carbocycles. The van der Waals surface area contributed by atoms with Gasteiger partial charge >= 0.3 is 18.2 Å². The van der Waals surface area contributed by atoms with Crippen LogP contribution in [-0.2, 0) is 21.1 Å². The van der Waals surface area contributed by atoms with Crippen molar-refractivity contribution in [3.8, 4) is 0 Å². The fraction of sp³-hybridized carbons (Fsp3) is 0.556. The summed E-state index contributed by atoms with van der Waals surface area (Å²) in [4.78, 5) is 22.4. The van der Waals surface area contributed by atoms with Gasteiger partial charge in [0.1, 0.15) is 0 Å². The van der Waals surface area contributed by atoms with Gasteiger partial charge in [-0.2, -0.15) is 13.2 Å². The van der Waals surface area contributed by atoms with Crippen LogP contribution in [0.4, 0.5) is 18.0 Å². The number of benzene rings is 1. The maximum Gasteiger partial charge on any atom is 0.416 e. The summed E-state index contributed by atoms with van der Waals surface area (Å²) in [6, 6.07) is 4.71. The summed E-state index contributed by atoms with van der Waals surface area (Å²) in [6.07, 6.45) is -3.19. The number of hydrogen-bond donors (Lipinski definition) is 3. The quantitative estimate of drug-likeness (QED) is 0.627. The van der Waals surface area contributed by atoms with Crippen molar-refractivity contribution in [3.05, 3.63) is 35.4 Å². The Bertz CT molecular complexity index is 658. The Kier molecular flexibility index (Phi) is 7.06. The summed E-state index contributed by atoms with van der Waals surface area (Å²) in [7, 11) is 0. The first-order valence-electron chi connectivity index (χ1n) is 8.72. The van der Waals surface area contributed by atoms with Crippen molar-refractivity contribution in [3.63, 3.8) is 0 Å². The van der Waals surface area contributed by atoms with Crippen molar-refractivity contribution in [2.24, 2.45) is 0 Å². The molecule has 3 N–H and O–H groups in total. The third kappa shape index (κ3) is 6.13. The van der Waals surface area contributed by atoms with Crippen LogP contribution in [-0.4, -0.2) is 43.4 Å². The number of carboxylic acid groups (broad SMARTS) is 1. The average molecular weight is 388 g/mol. The van der Waals surface area contributed by atoms with Crippen molar-refractivity contribution in [1.82, 2.24) is 10.6 Å². The van der Waals surface area contributed by atoms with Gasteiger partial charge in [0.05, 0.1) is 5.56 Å². The van der Waals surface area contributed by atoms with Crippen LogP contribution in [0, 0.1) is 0 Å². The van der Waals surface area contributed by atoms with E-state index in [1.807, 2.05) is 0 Å². The third-order valence-corrected chi connectivity index (χ3v) is 4.69. The number of hydrogen-bond acceptors (Lipinski definition) is 3. The lowest BCUT2D eigenvalue weighted by molar-refractivity contribution is -0.138. The van der Waals surface area contributed by atoms with Crippen LogP contribution >= 0.6 is 0 Å². The van der Waals surface area contributed by atoms with Crippen LogP contribution in [0.2, 0.25) is 0 Å². The molecule has 1 heterocycles. The molecule has 1 saturated heterocycles. The molecule has 0 radical (unpaired) electrons. The number of ether oxygens (including phenoxy) is 1. The van der Waals surface area contributed by atoms with Gasteiger partial charge in [-0.15, -0.1) is 0 Å². The molecule has 1 aliphatic heterocycles. The number of aliphatic carboxylic acids is 1. The smallest absolute Gasteiger partial charge is 0.416 e. The van der Waals surface area contributed by atoms with Crippen molar-refractivity contribution in [1.29, 1.82) is 0 Å². The first-order valence-corrected chi connectivity index (χ1v) is 8.72. The number of rotatable bonds is 7. The molecule has 1 aliphatic rings. The number of carboxylic acids is 1. The van der Waals surface area contributed by atoms with Crippen molar-refractivity contribution < 1.29 is 32.6 Å². The van der Waals surface area contributed by atoms with E-state index >= 15 is 0 Å². The molecular formula is C18H23F3N2O4. The van der Waals surface area contributed by atoms with Gasteiger partial charge in [0.25, 0.3) is 0 Å². The molecule has 0 atom stereocenters. The van der Waals surface area contributed by atoms with Gasteiger partial charge in [0.15, 0.2) is 0 Å². The second-order valence-electron chi connectivity index (χ2n) is 6.58. The summed E-state index contributed by atoms with van der Waals surface area (Å²) in [5.74, 6) is -0.942. The van der Waals surface area contributed by atoms with Crippen molar-refractivity contribution in [2.45, 2.75) is 37.3 Å². The molecule has 0 saturated carbocycles. The fourth-order valence-corrected chi connectivity index (χ4v) is 3.11. The predicted molar refractivity (Wildman–Crippen MR) is 91.4 cm³/mol. The number of carbonyl (C=O) groups is 2. The molecule has 27 heavy (non-hydrogen) atoms. The predicted octanol–water partition coefficient (Wildman–Crippen LogP) is 2.92. The lowest BCUT2D eigenvalue weighted by Gasteiger charge is -2.38. The summed E-state index contributed by atoms with van der Waals surface area (Å²) in [5.41, 5.74) is -0.839. The van der Waals surface area contributed by atoms with Crippen LogP contribution < -0.4 is 10.6 Å². The lowest BCUT2D eigenvalue weighted by Crippen LogP contribution is -2.47. The zero-order valence-electron chi connectivity index (χ0n) is 14.8. The molecule has 0 unspecified atom stereocenters. The molecule has 2 rings (SSSR count). The fourth-order valence-electron chi connectivity index (χ4n) is 3.11. The van der Waals surface area contributed by atoms with E-state index in [-0.39, 0.29) is 19.5 Å². The zero-order chi connectivity index (χ0) is 19.9. The Hall–Kier alpha value is -2.29. The largest absolute Gasteiger partial charge is 0.481 e. The molecular weight excluding hydrogens is 365 g/mol.